The number of hydrogen-bond acceptors (Lipinski definition) is 6. The second kappa shape index (κ2) is 8.17. The van der Waals surface area contributed by atoms with Crippen molar-refractivity contribution >= 4 is 34.3 Å². The standard InChI is InChI=1S/C26H28ClN7O/c1-26(2,3)22-12-18(7-9-29-22)33-23-19(24(35)34(33)17-4-5-17)14-30-25(32-23)31-21-11-15-6-8-28-13-16(15)10-20(21)27/h7,9-12,14,17,28H,4-6,8,13H2,1-3H3,(H,30,31,32). The molecule has 2 aliphatic rings. The van der Waals surface area contributed by atoms with Crippen molar-refractivity contribution in [3.05, 3.63) is 68.9 Å². The number of fused-ring (bicyclic) bond motifs is 2. The number of benzene rings is 1. The number of aromatic nitrogens is 5. The molecule has 35 heavy (non-hydrogen) atoms. The Hall–Kier alpha value is -3.23. The largest absolute Gasteiger partial charge is 0.323 e. The molecule has 6 rings (SSSR count). The fraction of sp³-hybridized carbons (Fsp3) is 0.385. The molecule has 0 unspecified atom stereocenters. The van der Waals surface area contributed by atoms with Gasteiger partial charge in [0.2, 0.25) is 5.95 Å². The van der Waals surface area contributed by atoms with E-state index in [9.17, 15) is 4.79 Å². The molecule has 0 amide bonds. The van der Waals surface area contributed by atoms with E-state index in [1.165, 1.54) is 11.1 Å². The van der Waals surface area contributed by atoms with Gasteiger partial charge in [-0.15, -0.1) is 0 Å². The molecule has 1 aliphatic carbocycles. The van der Waals surface area contributed by atoms with Gasteiger partial charge >= 0.3 is 0 Å². The number of rotatable bonds is 4. The summed E-state index contributed by atoms with van der Waals surface area (Å²) in [6.45, 7) is 8.15. The van der Waals surface area contributed by atoms with Crippen LogP contribution in [0.1, 0.15) is 56.5 Å². The zero-order chi connectivity index (χ0) is 24.3. The Labute approximate surface area is 208 Å². The van der Waals surface area contributed by atoms with Gasteiger partial charge in [0.05, 0.1) is 22.4 Å². The summed E-state index contributed by atoms with van der Waals surface area (Å²) in [5.41, 5.74) is 5.45. The fourth-order valence-electron chi connectivity index (χ4n) is 4.64. The third kappa shape index (κ3) is 4.00. The average Bonchev–Trinajstić information content (AvgIpc) is 3.63. The van der Waals surface area contributed by atoms with E-state index in [1.807, 2.05) is 27.6 Å². The van der Waals surface area contributed by atoms with Crippen molar-refractivity contribution in [1.82, 2.24) is 29.6 Å². The van der Waals surface area contributed by atoms with E-state index in [2.05, 4.69) is 47.4 Å². The van der Waals surface area contributed by atoms with Crippen LogP contribution >= 0.6 is 11.6 Å². The Morgan fingerprint density at radius 2 is 1.97 bits per heavy atom. The molecule has 0 spiro atoms. The number of halogens is 1. The predicted molar refractivity (Wildman–Crippen MR) is 138 cm³/mol. The number of nitrogens with zero attached hydrogens (tertiary/aromatic N) is 5. The van der Waals surface area contributed by atoms with Crippen molar-refractivity contribution in [3.8, 4) is 5.69 Å². The maximum atomic E-state index is 13.4. The molecule has 1 fully saturated rings. The molecule has 0 atom stereocenters. The van der Waals surface area contributed by atoms with Crippen LogP contribution in [0.15, 0.2) is 41.5 Å². The van der Waals surface area contributed by atoms with Crippen molar-refractivity contribution in [1.29, 1.82) is 0 Å². The summed E-state index contributed by atoms with van der Waals surface area (Å²) in [4.78, 5) is 27.2. The number of pyridine rings is 1. The lowest BCUT2D eigenvalue weighted by molar-refractivity contribution is 0.549. The molecule has 2 N–H and O–H groups in total. The van der Waals surface area contributed by atoms with Crippen LogP contribution in [0.4, 0.5) is 11.6 Å². The van der Waals surface area contributed by atoms with Crippen molar-refractivity contribution < 1.29 is 0 Å². The normalized spacial score (nSPS) is 15.9. The second-order valence-electron chi connectivity index (χ2n) is 10.4. The highest BCUT2D eigenvalue weighted by Gasteiger charge is 2.31. The third-order valence-corrected chi connectivity index (χ3v) is 7.01. The summed E-state index contributed by atoms with van der Waals surface area (Å²) in [6.07, 6.45) is 6.32. The highest BCUT2D eigenvalue weighted by atomic mass is 35.5. The fourth-order valence-corrected chi connectivity index (χ4v) is 4.87. The van der Waals surface area contributed by atoms with Crippen LogP contribution in [0.5, 0.6) is 0 Å². The van der Waals surface area contributed by atoms with Gasteiger partial charge < -0.3 is 10.6 Å². The minimum absolute atomic E-state index is 0.0671. The van der Waals surface area contributed by atoms with Gasteiger partial charge in [-0.3, -0.25) is 9.78 Å². The molecule has 4 heterocycles. The molecule has 1 aliphatic heterocycles. The van der Waals surface area contributed by atoms with Gasteiger partial charge in [0.15, 0.2) is 5.65 Å². The van der Waals surface area contributed by atoms with E-state index in [0.717, 1.165) is 49.4 Å². The summed E-state index contributed by atoms with van der Waals surface area (Å²) < 4.78 is 3.75. The van der Waals surface area contributed by atoms with Gasteiger partial charge in [-0.05, 0) is 61.2 Å². The van der Waals surface area contributed by atoms with Gasteiger partial charge in [0.25, 0.3) is 5.56 Å². The van der Waals surface area contributed by atoms with E-state index in [-0.39, 0.29) is 17.0 Å². The smallest absolute Gasteiger partial charge is 0.278 e. The van der Waals surface area contributed by atoms with Gasteiger partial charge in [0, 0.05) is 30.0 Å². The number of hydrogen-bond donors (Lipinski definition) is 2. The van der Waals surface area contributed by atoms with Crippen molar-refractivity contribution in [3.63, 3.8) is 0 Å². The van der Waals surface area contributed by atoms with E-state index in [4.69, 9.17) is 16.6 Å². The molecule has 1 aromatic carbocycles. The number of anilines is 2. The van der Waals surface area contributed by atoms with Crippen LogP contribution in [0.3, 0.4) is 0 Å². The summed E-state index contributed by atoms with van der Waals surface area (Å²) in [5, 5.41) is 7.78. The van der Waals surface area contributed by atoms with E-state index < -0.39 is 0 Å². The second-order valence-corrected chi connectivity index (χ2v) is 10.8. The first-order chi connectivity index (χ1) is 16.8. The predicted octanol–water partition coefficient (Wildman–Crippen LogP) is 4.65. The summed E-state index contributed by atoms with van der Waals surface area (Å²) in [5.74, 6) is 0.403. The molecule has 9 heteroatoms. The molecule has 1 saturated carbocycles. The minimum atomic E-state index is -0.121. The Morgan fingerprint density at radius 1 is 1.14 bits per heavy atom. The SMILES string of the molecule is CC(C)(C)c1cc(-n2c3nc(Nc4cc5c(cc4Cl)CNCC5)ncc3c(=O)n2C2CC2)ccn1. The van der Waals surface area contributed by atoms with Crippen LogP contribution in [-0.4, -0.2) is 30.9 Å². The highest BCUT2D eigenvalue weighted by Crippen LogP contribution is 2.36. The van der Waals surface area contributed by atoms with Crippen molar-refractivity contribution in [2.24, 2.45) is 0 Å². The lowest BCUT2D eigenvalue weighted by Crippen LogP contribution is -2.23. The molecule has 0 radical (unpaired) electrons. The Kier molecular flexibility index (Phi) is 5.19. The van der Waals surface area contributed by atoms with E-state index in [1.54, 1.807) is 12.4 Å². The van der Waals surface area contributed by atoms with E-state index >= 15 is 0 Å². The van der Waals surface area contributed by atoms with Crippen LogP contribution in [0, 0.1) is 0 Å². The Morgan fingerprint density at radius 3 is 2.74 bits per heavy atom. The molecule has 8 nitrogen and oxygen atoms in total. The van der Waals surface area contributed by atoms with Crippen LogP contribution in [0.2, 0.25) is 5.02 Å². The summed E-state index contributed by atoms with van der Waals surface area (Å²) in [7, 11) is 0. The number of nitrogens with one attached hydrogen (secondary N) is 2. The first kappa shape index (κ1) is 22.2. The van der Waals surface area contributed by atoms with E-state index in [0.29, 0.717) is 22.0 Å². The van der Waals surface area contributed by atoms with Crippen LogP contribution < -0.4 is 16.2 Å². The van der Waals surface area contributed by atoms with Crippen molar-refractivity contribution in [2.75, 3.05) is 11.9 Å². The maximum Gasteiger partial charge on any atom is 0.278 e. The third-order valence-electron chi connectivity index (χ3n) is 6.69. The first-order valence-corrected chi connectivity index (χ1v) is 12.4. The summed E-state index contributed by atoms with van der Waals surface area (Å²) in [6, 6.07) is 8.21. The molecule has 4 aromatic rings. The summed E-state index contributed by atoms with van der Waals surface area (Å²) >= 11 is 6.58. The van der Waals surface area contributed by atoms with Gasteiger partial charge in [-0.25, -0.2) is 14.3 Å². The maximum absolute atomic E-state index is 13.4. The molecule has 3 aromatic heterocycles. The van der Waals surface area contributed by atoms with Crippen LogP contribution in [0.25, 0.3) is 16.7 Å². The molecule has 180 valence electrons. The zero-order valence-corrected chi connectivity index (χ0v) is 20.9. The highest BCUT2D eigenvalue weighted by molar-refractivity contribution is 6.33. The van der Waals surface area contributed by atoms with Gasteiger partial charge in [0.1, 0.15) is 5.39 Å². The molecular weight excluding hydrogens is 462 g/mol. The lowest BCUT2D eigenvalue weighted by atomic mass is 9.91. The molecule has 0 saturated heterocycles. The Balaban J connectivity index is 1.48. The topological polar surface area (TPSA) is 89.7 Å². The Bertz CT molecular complexity index is 1510. The van der Waals surface area contributed by atoms with Gasteiger partial charge in [-0.1, -0.05) is 32.4 Å². The lowest BCUT2D eigenvalue weighted by Gasteiger charge is -2.20. The monoisotopic (exact) mass is 489 g/mol. The quantitative estimate of drug-likeness (QED) is 0.433. The van der Waals surface area contributed by atoms with Crippen molar-refractivity contribution in [2.45, 2.75) is 58.0 Å². The van der Waals surface area contributed by atoms with Crippen LogP contribution in [-0.2, 0) is 18.4 Å². The zero-order valence-electron chi connectivity index (χ0n) is 20.1. The van der Waals surface area contributed by atoms with Gasteiger partial charge in [-0.2, -0.15) is 4.98 Å². The average molecular weight is 490 g/mol. The minimum Gasteiger partial charge on any atom is -0.323 e. The molecular formula is C26H28ClN7O. The first-order valence-electron chi connectivity index (χ1n) is 12.1. The molecule has 0 bridgehead atoms.